The zero-order valence-electron chi connectivity index (χ0n) is 11.7. The summed E-state index contributed by atoms with van der Waals surface area (Å²) < 4.78 is 1.74. The molecule has 0 bridgehead atoms. The minimum Gasteiger partial charge on any atom is -0.366 e. The molecule has 0 aromatic carbocycles. The van der Waals surface area contributed by atoms with Gasteiger partial charge in [-0.05, 0) is 25.3 Å². The monoisotopic (exact) mass is 276 g/mol. The van der Waals surface area contributed by atoms with Crippen LogP contribution in [0.15, 0.2) is 24.5 Å². The molecule has 108 valence electrons. The molecule has 1 saturated heterocycles. The van der Waals surface area contributed by atoms with Gasteiger partial charge < -0.3 is 10.6 Å². The topological polar surface area (TPSA) is 81.2 Å². The Bertz CT molecular complexity index is 521. The fourth-order valence-electron chi connectivity index (χ4n) is 2.36. The van der Waals surface area contributed by atoms with Gasteiger partial charge in [0.15, 0.2) is 0 Å². The first-order chi connectivity index (χ1) is 9.61. The third kappa shape index (κ3) is 3.26. The first kappa shape index (κ1) is 14.3. The molecule has 2 heterocycles. The molecule has 1 fully saturated rings. The molecule has 0 aliphatic carbocycles. The molecule has 0 radical (unpaired) electrons. The lowest BCUT2D eigenvalue weighted by atomic mass is 10.1. The number of amides is 2. The van der Waals surface area contributed by atoms with Gasteiger partial charge in [-0.2, -0.15) is 5.10 Å². The number of aromatic nitrogens is 2. The van der Waals surface area contributed by atoms with Crippen molar-refractivity contribution in [2.75, 3.05) is 13.1 Å². The first-order valence-electron chi connectivity index (χ1n) is 6.91. The van der Waals surface area contributed by atoms with Crippen LogP contribution in [-0.4, -0.2) is 39.6 Å². The molecule has 20 heavy (non-hydrogen) atoms. The summed E-state index contributed by atoms with van der Waals surface area (Å²) in [4.78, 5) is 24.9. The van der Waals surface area contributed by atoms with Crippen molar-refractivity contribution in [1.29, 1.82) is 0 Å². The van der Waals surface area contributed by atoms with E-state index in [9.17, 15) is 9.59 Å². The summed E-state index contributed by atoms with van der Waals surface area (Å²) in [6.45, 7) is 3.39. The summed E-state index contributed by atoms with van der Waals surface area (Å²) in [5.41, 5.74) is 5.62. The van der Waals surface area contributed by atoms with Crippen molar-refractivity contribution in [2.45, 2.75) is 32.2 Å². The summed E-state index contributed by atoms with van der Waals surface area (Å²) >= 11 is 0. The van der Waals surface area contributed by atoms with E-state index in [4.69, 9.17) is 5.73 Å². The van der Waals surface area contributed by atoms with Crippen LogP contribution in [0.3, 0.4) is 0 Å². The predicted octanol–water partition coefficient (Wildman–Crippen LogP) is 1.11. The average molecular weight is 276 g/mol. The van der Waals surface area contributed by atoms with Gasteiger partial charge in [-0.3, -0.25) is 14.3 Å². The largest absolute Gasteiger partial charge is 0.366 e. The van der Waals surface area contributed by atoms with Crippen LogP contribution in [0.4, 0.5) is 0 Å². The Balaban J connectivity index is 2.04. The van der Waals surface area contributed by atoms with Crippen molar-refractivity contribution in [3.8, 4) is 0 Å². The van der Waals surface area contributed by atoms with Crippen molar-refractivity contribution >= 4 is 11.8 Å². The van der Waals surface area contributed by atoms with Gasteiger partial charge in [0.2, 0.25) is 5.91 Å². The molecule has 6 heteroatoms. The van der Waals surface area contributed by atoms with Crippen molar-refractivity contribution < 1.29 is 9.59 Å². The average Bonchev–Trinajstić information content (AvgIpc) is 2.95. The number of nitrogens with two attached hydrogens (primary N) is 1. The Labute approximate surface area is 118 Å². The second-order valence-corrected chi connectivity index (χ2v) is 4.96. The molecule has 1 aliphatic heterocycles. The summed E-state index contributed by atoms with van der Waals surface area (Å²) in [5, 5.41) is 4.18. The SMILES string of the molecule is CC/C=C/C(=O)N1CCC[C@@H](n2cc(C(N)=O)cn2)C1. The number of nitrogens with zero attached hydrogens (tertiary/aromatic N) is 3. The Morgan fingerprint density at radius 1 is 1.55 bits per heavy atom. The van der Waals surface area contributed by atoms with Gasteiger partial charge in [-0.1, -0.05) is 13.0 Å². The third-order valence-electron chi connectivity index (χ3n) is 3.46. The van der Waals surface area contributed by atoms with Crippen molar-refractivity contribution in [3.05, 3.63) is 30.1 Å². The maximum absolute atomic E-state index is 12.0. The molecule has 1 aromatic rings. The van der Waals surface area contributed by atoms with Gasteiger partial charge >= 0.3 is 0 Å². The maximum Gasteiger partial charge on any atom is 0.251 e. The van der Waals surface area contributed by atoms with E-state index < -0.39 is 5.91 Å². The van der Waals surface area contributed by atoms with Crippen LogP contribution in [0.5, 0.6) is 0 Å². The van der Waals surface area contributed by atoms with Crippen molar-refractivity contribution in [2.24, 2.45) is 5.73 Å². The summed E-state index contributed by atoms with van der Waals surface area (Å²) in [5.74, 6) is -0.440. The number of likely N-dealkylation sites (tertiary alicyclic amines) is 1. The molecule has 2 rings (SSSR count). The highest BCUT2D eigenvalue weighted by Crippen LogP contribution is 2.21. The maximum atomic E-state index is 12.0. The Morgan fingerprint density at radius 3 is 3.00 bits per heavy atom. The second-order valence-electron chi connectivity index (χ2n) is 4.96. The van der Waals surface area contributed by atoms with Crippen LogP contribution in [0.2, 0.25) is 0 Å². The number of rotatable bonds is 4. The van der Waals surface area contributed by atoms with Gasteiger partial charge in [-0.15, -0.1) is 0 Å². The lowest BCUT2D eigenvalue weighted by molar-refractivity contribution is -0.127. The van der Waals surface area contributed by atoms with Crippen LogP contribution >= 0.6 is 0 Å². The molecular weight excluding hydrogens is 256 g/mol. The first-order valence-corrected chi connectivity index (χ1v) is 6.91. The van der Waals surface area contributed by atoms with Gasteiger partial charge in [0.05, 0.1) is 17.8 Å². The molecule has 0 saturated carbocycles. The fourth-order valence-corrected chi connectivity index (χ4v) is 2.36. The standard InChI is InChI=1S/C14H20N4O2/c1-2-3-6-13(19)17-7-4-5-12(10-17)18-9-11(8-16-18)14(15)20/h3,6,8-9,12H,2,4-5,7,10H2,1H3,(H2,15,20)/b6-3+/t12-/m1/s1. The number of carbonyl (C=O) groups is 2. The number of hydrogen-bond acceptors (Lipinski definition) is 3. The van der Waals surface area contributed by atoms with E-state index >= 15 is 0 Å². The molecule has 2 N–H and O–H groups in total. The molecule has 0 spiro atoms. The number of allylic oxidation sites excluding steroid dienone is 1. The van der Waals surface area contributed by atoms with E-state index in [1.54, 1.807) is 17.0 Å². The minimum atomic E-state index is -0.481. The van der Waals surface area contributed by atoms with E-state index in [0.29, 0.717) is 12.1 Å². The highest BCUT2D eigenvalue weighted by molar-refractivity contribution is 5.92. The zero-order chi connectivity index (χ0) is 14.5. The Kier molecular flexibility index (Phi) is 4.55. The van der Waals surface area contributed by atoms with Gasteiger partial charge in [0, 0.05) is 19.3 Å². The molecular formula is C14H20N4O2. The summed E-state index contributed by atoms with van der Waals surface area (Å²) in [6, 6.07) is 0.107. The van der Waals surface area contributed by atoms with E-state index in [2.05, 4.69) is 5.10 Å². The molecule has 1 atom stereocenters. The molecule has 1 aromatic heterocycles. The molecule has 1 aliphatic rings. The Hall–Kier alpha value is -2.11. The number of piperidine rings is 1. The zero-order valence-corrected chi connectivity index (χ0v) is 11.7. The summed E-state index contributed by atoms with van der Waals surface area (Å²) in [7, 11) is 0. The van der Waals surface area contributed by atoms with Gasteiger partial charge in [0.1, 0.15) is 0 Å². The van der Waals surface area contributed by atoms with Crippen molar-refractivity contribution in [3.63, 3.8) is 0 Å². The lowest BCUT2D eigenvalue weighted by Crippen LogP contribution is -2.40. The highest BCUT2D eigenvalue weighted by Gasteiger charge is 2.24. The van der Waals surface area contributed by atoms with E-state index in [-0.39, 0.29) is 11.9 Å². The quantitative estimate of drug-likeness (QED) is 0.836. The fraction of sp³-hybridized carbons (Fsp3) is 0.500. The number of primary amides is 1. The van der Waals surface area contributed by atoms with Gasteiger partial charge in [0.25, 0.3) is 5.91 Å². The van der Waals surface area contributed by atoms with Crippen LogP contribution < -0.4 is 5.73 Å². The molecule has 0 unspecified atom stereocenters. The number of hydrogen-bond donors (Lipinski definition) is 1. The van der Waals surface area contributed by atoms with E-state index in [0.717, 1.165) is 25.8 Å². The summed E-state index contributed by atoms with van der Waals surface area (Å²) in [6.07, 6.45) is 9.35. The lowest BCUT2D eigenvalue weighted by Gasteiger charge is -2.32. The predicted molar refractivity (Wildman–Crippen MR) is 75.0 cm³/mol. The molecule has 6 nitrogen and oxygen atoms in total. The van der Waals surface area contributed by atoms with Crippen LogP contribution in [0.1, 0.15) is 42.6 Å². The van der Waals surface area contributed by atoms with Crippen LogP contribution in [0.25, 0.3) is 0 Å². The second kappa shape index (κ2) is 6.36. The third-order valence-corrected chi connectivity index (χ3v) is 3.46. The highest BCUT2D eigenvalue weighted by atomic mass is 16.2. The van der Waals surface area contributed by atoms with Crippen LogP contribution in [0, 0.1) is 0 Å². The Morgan fingerprint density at radius 2 is 2.35 bits per heavy atom. The normalized spacial score (nSPS) is 19.4. The smallest absolute Gasteiger partial charge is 0.251 e. The van der Waals surface area contributed by atoms with E-state index in [1.807, 2.05) is 17.9 Å². The number of carbonyl (C=O) groups excluding carboxylic acids is 2. The van der Waals surface area contributed by atoms with E-state index in [1.165, 1.54) is 6.20 Å². The van der Waals surface area contributed by atoms with Crippen LogP contribution in [-0.2, 0) is 4.79 Å². The van der Waals surface area contributed by atoms with Crippen molar-refractivity contribution in [1.82, 2.24) is 14.7 Å². The van der Waals surface area contributed by atoms with Gasteiger partial charge in [-0.25, -0.2) is 0 Å². The molecule has 2 amide bonds. The minimum absolute atomic E-state index is 0.0406.